The van der Waals surface area contributed by atoms with E-state index in [9.17, 15) is 9.59 Å². The van der Waals surface area contributed by atoms with E-state index in [1.165, 1.54) is 5.56 Å². The Morgan fingerprint density at radius 1 is 1.00 bits per heavy atom. The number of piperazine rings is 1. The summed E-state index contributed by atoms with van der Waals surface area (Å²) in [5, 5.41) is 0. The number of rotatable bonds is 4. The highest BCUT2D eigenvalue weighted by Crippen LogP contribution is 2.16. The van der Waals surface area contributed by atoms with Crippen molar-refractivity contribution < 1.29 is 9.59 Å². The van der Waals surface area contributed by atoms with E-state index in [1.807, 2.05) is 21.9 Å². The highest BCUT2D eigenvalue weighted by molar-refractivity contribution is 5.85. The van der Waals surface area contributed by atoms with Crippen LogP contribution in [0.5, 0.6) is 0 Å². The number of urea groups is 1. The molecule has 2 heterocycles. The summed E-state index contributed by atoms with van der Waals surface area (Å²) in [6.07, 6.45) is 0. The van der Waals surface area contributed by atoms with Gasteiger partial charge in [-0.2, -0.15) is 0 Å². The van der Waals surface area contributed by atoms with Crippen LogP contribution in [-0.4, -0.2) is 84.4 Å². The summed E-state index contributed by atoms with van der Waals surface area (Å²) in [7, 11) is 2.06. The van der Waals surface area contributed by atoms with Gasteiger partial charge in [0.25, 0.3) is 0 Å². The number of nitrogens with zero attached hydrogens (tertiary/aromatic N) is 4. The third-order valence-corrected chi connectivity index (χ3v) is 4.99. The van der Waals surface area contributed by atoms with Gasteiger partial charge in [-0.15, -0.1) is 0 Å². The lowest BCUT2D eigenvalue weighted by Crippen LogP contribution is -2.50. The van der Waals surface area contributed by atoms with Gasteiger partial charge < -0.3 is 19.6 Å². The van der Waals surface area contributed by atoms with Gasteiger partial charge in [0.15, 0.2) is 0 Å². The fourth-order valence-corrected chi connectivity index (χ4v) is 3.24. The molecule has 2 fully saturated rings. The first kappa shape index (κ1) is 16.8. The summed E-state index contributed by atoms with van der Waals surface area (Å²) in [6.45, 7) is 7.50. The van der Waals surface area contributed by atoms with Crippen molar-refractivity contribution in [3.05, 3.63) is 35.4 Å². The Morgan fingerprint density at radius 3 is 2.38 bits per heavy atom. The molecule has 0 radical (unpaired) electrons. The average Bonchev–Trinajstić information content (AvgIpc) is 2.91. The number of hydrogen-bond acceptors (Lipinski definition) is 3. The first-order valence-electron chi connectivity index (χ1n) is 8.59. The third kappa shape index (κ3) is 3.70. The van der Waals surface area contributed by atoms with Gasteiger partial charge in [-0.1, -0.05) is 24.3 Å². The summed E-state index contributed by atoms with van der Waals surface area (Å²) in [5.74, 6) is 0.0641. The van der Waals surface area contributed by atoms with Crippen LogP contribution in [0.4, 0.5) is 4.79 Å². The van der Waals surface area contributed by atoms with Crippen LogP contribution in [0.3, 0.4) is 0 Å². The van der Waals surface area contributed by atoms with E-state index in [-0.39, 0.29) is 18.5 Å². The molecule has 0 unspecified atom stereocenters. The van der Waals surface area contributed by atoms with Gasteiger partial charge in [0.1, 0.15) is 6.54 Å². The number of likely N-dealkylation sites (N-methyl/N-ethyl adjacent to an activating group) is 1. The Balaban J connectivity index is 1.54. The van der Waals surface area contributed by atoms with Crippen molar-refractivity contribution in [2.24, 2.45) is 0 Å². The molecule has 0 bridgehead atoms. The summed E-state index contributed by atoms with van der Waals surface area (Å²) >= 11 is 0. The SMILES string of the molecule is Cc1ccccc1CN1CCN(CC(=O)N2CCN(C)CC2)C1=O. The fraction of sp³-hybridized carbons (Fsp3) is 0.556. The normalized spacial score (nSPS) is 19.2. The largest absolute Gasteiger partial charge is 0.339 e. The van der Waals surface area contributed by atoms with E-state index in [1.54, 1.807) is 4.90 Å². The standard InChI is InChI=1S/C18H26N4O2/c1-15-5-3-4-6-16(15)13-21-11-12-22(18(21)24)14-17(23)20-9-7-19(2)8-10-20/h3-6H,7-14H2,1-2H3. The predicted octanol–water partition coefficient (Wildman–Crippen LogP) is 1.01. The third-order valence-electron chi connectivity index (χ3n) is 4.99. The van der Waals surface area contributed by atoms with E-state index in [0.29, 0.717) is 19.6 Å². The zero-order valence-electron chi connectivity index (χ0n) is 14.6. The minimum absolute atomic E-state index is 0.0271. The molecule has 1 aromatic carbocycles. The van der Waals surface area contributed by atoms with Gasteiger partial charge in [-0.05, 0) is 25.1 Å². The number of benzene rings is 1. The first-order valence-corrected chi connectivity index (χ1v) is 8.59. The smallest absolute Gasteiger partial charge is 0.320 e. The molecular weight excluding hydrogens is 304 g/mol. The minimum atomic E-state index is -0.0271. The van der Waals surface area contributed by atoms with E-state index in [2.05, 4.69) is 31.0 Å². The molecule has 0 spiro atoms. The quantitative estimate of drug-likeness (QED) is 0.828. The van der Waals surface area contributed by atoms with Crippen molar-refractivity contribution in [3.8, 4) is 0 Å². The van der Waals surface area contributed by atoms with Crippen LogP contribution in [0.25, 0.3) is 0 Å². The lowest BCUT2D eigenvalue weighted by molar-refractivity contribution is -0.133. The number of carbonyl (C=O) groups is 2. The van der Waals surface area contributed by atoms with Crippen LogP contribution in [0.1, 0.15) is 11.1 Å². The first-order chi connectivity index (χ1) is 11.5. The van der Waals surface area contributed by atoms with E-state index in [0.717, 1.165) is 31.7 Å². The van der Waals surface area contributed by atoms with E-state index >= 15 is 0 Å². The van der Waals surface area contributed by atoms with E-state index < -0.39 is 0 Å². The maximum atomic E-state index is 12.6. The van der Waals surface area contributed by atoms with Crippen LogP contribution in [0.2, 0.25) is 0 Å². The van der Waals surface area contributed by atoms with Gasteiger partial charge in [0.05, 0.1) is 0 Å². The van der Waals surface area contributed by atoms with Crippen molar-refractivity contribution in [1.29, 1.82) is 0 Å². The lowest BCUT2D eigenvalue weighted by Gasteiger charge is -2.33. The molecule has 2 aliphatic rings. The second-order valence-electron chi connectivity index (χ2n) is 6.74. The Hall–Kier alpha value is -2.08. The molecule has 0 atom stereocenters. The molecule has 6 heteroatoms. The molecule has 0 saturated carbocycles. The Labute approximate surface area is 143 Å². The number of hydrogen-bond donors (Lipinski definition) is 0. The minimum Gasteiger partial charge on any atom is -0.339 e. The van der Waals surface area contributed by atoms with Gasteiger partial charge >= 0.3 is 6.03 Å². The Kier molecular flexibility index (Phi) is 5.04. The van der Waals surface area contributed by atoms with Gasteiger partial charge in [0.2, 0.25) is 5.91 Å². The molecule has 0 N–H and O–H groups in total. The molecule has 3 rings (SSSR count). The second-order valence-corrected chi connectivity index (χ2v) is 6.74. The van der Waals surface area contributed by atoms with Crippen LogP contribution >= 0.6 is 0 Å². The van der Waals surface area contributed by atoms with Crippen LogP contribution in [0.15, 0.2) is 24.3 Å². The maximum Gasteiger partial charge on any atom is 0.320 e. The molecule has 6 nitrogen and oxygen atoms in total. The van der Waals surface area contributed by atoms with Crippen LogP contribution in [-0.2, 0) is 11.3 Å². The summed E-state index contributed by atoms with van der Waals surface area (Å²) in [4.78, 5) is 32.6. The number of aryl methyl sites for hydroxylation is 1. The fourth-order valence-electron chi connectivity index (χ4n) is 3.24. The molecule has 0 aromatic heterocycles. The zero-order valence-corrected chi connectivity index (χ0v) is 14.6. The Morgan fingerprint density at radius 2 is 1.67 bits per heavy atom. The predicted molar refractivity (Wildman–Crippen MR) is 92.6 cm³/mol. The molecular formula is C18H26N4O2. The summed E-state index contributed by atoms with van der Waals surface area (Å²) in [5.41, 5.74) is 2.36. The number of carbonyl (C=O) groups excluding carboxylic acids is 2. The molecule has 2 aliphatic heterocycles. The topological polar surface area (TPSA) is 47.1 Å². The highest BCUT2D eigenvalue weighted by atomic mass is 16.2. The second kappa shape index (κ2) is 7.21. The van der Waals surface area contributed by atoms with Gasteiger partial charge in [-0.3, -0.25) is 4.79 Å². The van der Waals surface area contributed by atoms with Crippen molar-refractivity contribution in [3.63, 3.8) is 0 Å². The Bertz CT molecular complexity index is 611. The molecule has 3 amide bonds. The summed E-state index contributed by atoms with van der Waals surface area (Å²) < 4.78 is 0. The molecule has 2 saturated heterocycles. The van der Waals surface area contributed by atoms with Crippen molar-refractivity contribution >= 4 is 11.9 Å². The van der Waals surface area contributed by atoms with Crippen molar-refractivity contribution in [2.45, 2.75) is 13.5 Å². The average molecular weight is 330 g/mol. The van der Waals surface area contributed by atoms with Crippen LogP contribution < -0.4 is 0 Å². The van der Waals surface area contributed by atoms with Gasteiger partial charge in [0, 0.05) is 45.8 Å². The lowest BCUT2D eigenvalue weighted by atomic mass is 10.1. The van der Waals surface area contributed by atoms with Gasteiger partial charge in [-0.25, -0.2) is 4.79 Å². The van der Waals surface area contributed by atoms with E-state index in [4.69, 9.17) is 0 Å². The molecule has 1 aromatic rings. The highest BCUT2D eigenvalue weighted by Gasteiger charge is 2.31. The molecule has 24 heavy (non-hydrogen) atoms. The van der Waals surface area contributed by atoms with Crippen molar-refractivity contribution in [2.75, 3.05) is 52.9 Å². The summed E-state index contributed by atoms with van der Waals surface area (Å²) in [6, 6.07) is 8.09. The number of amides is 3. The van der Waals surface area contributed by atoms with Crippen LogP contribution in [0, 0.1) is 6.92 Å². The van der Waals surface area contributed by atoms with Crippen molar-refractivity contribution in [1.82, 2.24) is 19.6 Å². The molecule has 0 aliphatic carbocycles. The maximum absolute atomic E-state index is 12.6. The molecule has 130 valence electrons. The monoisotopic (exact) mass is 330 g/mol. The zero-order chi connectivity index (χ0) is 17.1.